The maximum absolute atomic E-state index is 15.3. The highest BCUT2D eigenvalue weighted by Crippen LogP contribution is 2.38. The molecule has 2 fully saturated rings. The molecule has 12 nitrogen and oxygen atoms in total. The van der Waals surface area contributed by atoms with Gasteiger partial charge >= 0.3 is 11.9 Å². The van der Waals surface area contributed by atoms with Crippen molar-refractivity contribution < 1.29 is 33.0 Å². The lowest BCUT2D eigenvalue weighted by molar-refractivity contribution is -0.140. The van der Waals surface area contributed by atoms with Gasteiger partial charge in [0.2, 0.25) is 17.7 Å². The van der Waals surface area contributed by atoms with E-state index in [0.717, 1.165) is 25.9 Å². The summed E-state index contributed by atoms with van der Waals surface area (Å²) >= 11 is 1.54. The Labute approximate surface area is 294 Å². The van der Waals surface area contributed by atoms with E-state index in [1.807, 2.05) is 29.6 Å². The first kappa shape index (κ1) is 36.8. The van der Waals surface area contributed by atoms with Gasteiger partial charge in [-0.2, -0.15) is 11.8 Å². The van der Waals surface area contributed by atoms with E-state index in [2.05, 4.69) is 16.0 Å². The molecule has 1 aromatic heterocycles. The van der Waals surface area contributed by atoms with Crippen LogP contribution in [0, 0.1) is 11.7 Å². The SMILES string of the molecule is CSCC[C@H](NC=O)C(=O)N[C@@H](CC(C)C)C(=O)Oc1ccc(COC(=O)c2cn(C3CC3)c3cc(N4CCNCC4)c(F)cc3c2=O)cc1. The fourth-order valence-electron chi connectivity index (χ4n) is 5.94. The molecule has 2 aromatic carbocycles. The van der Waals surface area contributed by atoms with Gasteiger partial charge in [0, 0.05) is 43.8 Å². The van der Waals surface area contributed by atoms with Crippen molar-refractivity contribution in [3.63, 3.8) is 0 Å². The number of nitrogens with zero attached hydrogens (tertiary/aromatic N) is 2. The summed E-state index contributed by atoms with van der Waals surface area (Å²) in [6.07, 6.45) is 6.42. The van der Waals surface area contributed by atoms with Crippen LogP contribution in [-0.2, 0) is 25.7 Å². The monoisotopic (exact) mass is 709 g/mol. The third-order valence-corrected chi connectivity index (χ3v) is 9.38. The summed E-state index contributed by atoms with van der Waals surface area (Å²) < 4.78 is 28.3. The van der Waals surface area contributed by atoms with Crippen LogP contribution < -0.4 is 31.0 Å². The number of benzene rings is 2. The van der Waals surface area contributed by atoms with E-state index in [-0.39, 0.29) is 35.3 Å². The van der Waals surface area contributed by atoms with Crippen molar-refractivity contribution >= 4 is 52.6 Å². The van der Waals surface area contributed by atoms with E-state index in [9.17, 15) is 24.0 Å². The van der Waals surface area contributed by atoms with Gasteiger partial charge in [-0.3, -0.25) is 14.4 Å². The minimum absolute atomic E-state index is 0.0680. The molecule has 1 aliphatic carbocycles. The lowest BCUT2D eigenvalue weighted by Crippen LogP contribution is -2.51. The molecule has 5 rings (SSSR count). The van der Waals surface area contributed by atoms with Crippen LogP contribution in [0.25, 0.3) is 10.9 Å². The van der Waals surface area contributed by atoms with Gasteiger partial charge in [-0.05, 0) is 73.4 Å². The van der Waals surface area contributed by atoms with Gasteiger partial charge < -0.3 is 34.9 Å². The number of carbonyl (C=O) groups is 4. The summed E-state index contributed by atoms with van der Waals surface area (Å²) in [5, 5.41) is 8.62. The van der Waals surface area contributed by atoms with Gasteiger partial charge in [0.25, 0.3) is 0 Å². The molecule has 2 amide bonds. The second kappa shape index (κ2) is 17.0. The molecule has 1 saturated carbocycles. The highest BCUT2D eigenvalue weighted by atomic mass is 32.2. The van der Waals surface area contributed by atoms with Crippen molar-refractivity contribution in [1.82, 2.24) is 20.5 Å². The minimum Gasteiger partial charge on any atom is -0.457 e. The summed E-state index contributed by atoms with van der Waals surface area (Å²) in [4.78, 5) is 65.6. The number of hydrogen-bond donors (Lipinski definition) is 3. The molecule has 268 valence electrons. The van der Waals surface area contributed by atoms with Crippen LogP contribution in [0.3, 0.4) is 0 Å². The van der Waals surface area contributed by atoms with Crippen LogP contribution in [0.15, 0.2) is 47.4 Å². The molecule has 14 heteroatoms. The summed E-state index contributed by atoms with van der Waals surface area (Å²) in [5.41, 5.74) is 0.866. The van der Waals surface area contributed by atoms with Crippen molar-refractivity contribution in [2.75, 3.05) is 43.1 Å². The summed E-state index contributed by atoms with van der Waals surface area (Å²) in [6.45, 7) is 6.47. The van der Waals surface area contributed by atoms with E-state index < -0.39 is 41.2 Å². The highest BCUT2D eigenvalue weighted by molar-refractivity contribution is 7.98. The van der Waals surface area contributed by atoms with Crippen LogP contribution in [-0.4, -0.2) is 79.1 Å². The Morgan fingerprint density at radius 1 is 1.10 bits per heavy atom. The first-order chi connectivity index (χ1) is 24.1. The Morgan fingerprint density at radius 3 is 2.46 bits per heavy atom. The van der Waals surface area contributed by atoms with Crippen molar-refractivity contribution in [1.29, 1.82) is 0 Å². The number of pyridine rings is 1. The van der Waals surface area contributed by atoms with E-state index in [1.54, 1.807) is 30.3 Å². The van der Waals surface area contributed by atoms with Crippen molar-refractivity contribution in [2.45, 2.75) is 64.3 Å². The number of aromatic nitrogens is 1. The maximum atomic E-state index is 15.3. The smallest absolute Gasteiger partial charge is 0.343 e. The Balaban J connectivity index is 1.24. The predicted molar refractivity (Wildman–Crippen MR) is 190 cm³/mol. The second-order valence-electron chi connectivity index (χ2n) is 13.0. The van der Waals surface area contributed by atoms with Crippen LogP contribution >= 0.6 is 11.8 Å². The Hall–Kier alpha value is -4.43. The molecule has 3 N–H and O–H groups in total. The molecular weight excluding hydrogens is 665 g/mol. The average molecular weight is 710 g/mol. The standard InChI is InChI=1S/C36H44FN5O7S/c1-22(2)16-30(40-34(45)29(39-21-43)10-15-50-3)36(47)49-25-8-4-23(5-9-25)20-48-35(46)27-19-42(24-6-7-24)31-18-32(41-13-11-38-12-14-41)28(37)17-26(31)33(27)44/h4-5,8-9,17-19,21-22,24,29-30,38H,6-7,10-16,20H2,1-3H3,(H,39,43)(H,40,45)/t29-,30-/m0/s1. The van der Waals surface area contributed by atoms with Crippen molar-refractivity contribution in [3.8, 4) is 5.75 Å². The Morgan fingerprint density at radius 2 is 1.82 bits per heavy atom. The predicted octanol–water partition coefficient (Wildman–Crippen LogP) is 3.55. The number of rotatable bonds is 16. The minimum atomic E-state index is -0.933. The van der Waals surface area contributed by atoms with Gasteiger partial charge in [0.05, 0.1) is 11.2 Å². The van der Waals surface area contributed by atoms with Crippen LogP contribution in [0.4, 0.5) is 10.1 Å². The van der Waals surface area contributed by atoms with E-state index in [0.29, 0.717) is 54.9 Å². The molecule has 1 aliphatic heterocycles. The molecule has 0 unspecified atom stereocenters. The number of hydrogen-bond acceptors (Lipinski definition) is 10. The quantitative estimate of drug-likeness (QED) is 0.115. The molecule has 3 aromatic rings. The molecule has 0 bridgehead atoms. The summed E-state index contributed by atoms with van der Waals surface area (Å²) in [7, 11) is 0. The zero-order valence-electron chi connectivity index (χ0n) is 28.5. The normalized spacial score (nSPS) is 15.7. The third-order valence-electron chi connectivity index (χ3n) is 8.73. The maximum Gasteiger partial charge on any atom is 0.343 e. The molecule has 0 spiro atoms. The lowest BCUT2D eigenvalue weighted by Gasteiger charge is -2.30. The Kier molecular flexibility index (Phi) is 12.5. The van der Waals surface area contributed by atoms with Crippen LogP contribution in [0.1, 0.15) is 61.5 Å². The van der Waals surface area contributed by atoms with Gasteiger partial charge in [-0.25, -0.2) is 14.0 Å². The molecule has 2 atom stereocenters. The van der Waals surface area contributed by atoms with Gasteiger partial charge in [-0.1, -0.05) is 26.0 Å². The van der Waals surface area contributed by atoms with E-state index in [1.165, 1.54) is 24.0 Å². The van der Waals surface area contributed by atoms with Crippen molar-refractivity contribution in [3.05, 3.63) is 69.8 Å². The first-order valence-corrected chi connectivity index (χ1v) is 18.3. The molecule has 1 saturated heterocycles. The number of amides is 2. The number of thioether (sulfide) groups is 1. The fourth-order valence-corrected chi connectivity index (χ4v) is 6.41. The summed E-state index contributed by atoms with van der Waals surface area (Å²) in [5.74, 6) is -1.50. The zero-order chi connectivity index (χ0) is 35.8. The van der Waals surface area contributed by atoms with Crippen LogP contribution in [0.2, 0.25) is 0 Å². The van der Waals surface area contributed by atoms with E-state index in [4.69, 9.17) is 9.47 Å². The number of carbonyl (C=O) groups excluding carboxylic acids is 4. The lowest BCUT2D eigenvalue weighted by atomic mass is 10.0. The second-order valence-corrected chi connectivity index (χ2v) is 14.0. The number of halogens is 1. The summed E-state index contributed by atoms with van der Waals surface area (Å²) in [6, 6.07) is 7.68. The fraction of sp³-hybridized carbons (Fsp3) is 0.472. The molecule has 50 heavy (non-hydrogen) atoms. The average Bonchev–Trinajstić information content (AvgIpc) is 3.95. The molecule has 2 aliphatic rings. The van der Waals surface area contributed by atoms with Crippen LogP contribution in [0.5, 0.6) is 5.75 Å². The largest absolute Gasteiger partial charge is 0.457 e. The Bertz CT molecular complexity index is 1760. The molecule has 2 heterocycles. The number of anilines is 1. The number of ether oxygens (including phenoxy) is 2. The van der Waals surface area contributed by atoms with Gasteiger partial charge in [0.15, 0.2) is 0 Å². The molecule has 0 radical (unpaired) electrons. The van der Waals surface area contributed by atoms with Gasteiger partial charge in [0.1, 0.15) is 35.8 Å². The number of nitrogens with one attached hydrogen (secondary N) is 3. The third kappa shape index (κ3) is 9.21. The number of piperazine rings is 1. The van der Waals surface area contributed by atoms with E-state index >= 15 is 4.39 Å². The topological polar surface area (TPSA) is 148 Å². The number of fused-ring (bicyclic) bond motifs is 1. The highest BCUT2D eigenvalue weighted by Gasteiger charge is 2.30. The first-order valence-electron chi connectivity index (χ1n) is 16.9. The van der Waals surface area contributed by atoms with Crippen molar-refractivity contribution in [2.24, 2.45) is 5.92 Å². The number of esters is 2. The molecular formula is C36H44FN5O7S. The van der Waals surface area contributed by atoms with Gasteiger partial charge in [-0.15, -0.1) is 0 Å². The zero-order valence-corrected chi connectivity index (χ0v) is 29.4.